The summed E-state index contributed by atoms with van der Waals surface area (Å²) in [7, 11) is 1.37. The molecular formula is C18H19N3O3. The molecule has 0 spiro atoms. The Morgan fingerprint density at radius 3 is 2.58 bits per heavy atom. The SMILES string of the molecule is COC(=O)c1ccc([C@H](C)Nc2nc(C)nc3oc(C)cc23)cc1. The summed E-state index contributed by atoms with van der Waals surface area (Å²) in [5.74, 6) is 1.83. The number of methoxy groups -OCH3 is 1. The Bertz CT molecular complexity index is 884. The highest BCUT2D eigenvalue weighted by Gasteiger charge is 2.14. The number of aryl methyl sites for hydroxylation is 2. The number of hydrogen-bond acceptors (Lipinski definition) is 6. The molecule has 0 aliphatic carbocycles. The molecule has 24 heavy (non-hydrogen) atoms. The van der Waals surface area contributed by atoms with E-state index < -0.39 is 0 Å². The molecule has 124 valence electrons. The van der Waals surface area contributed by atoms with Gasteiger partial charge in [-0.05, 0) is 44.5 Å². The van der Waals surface area contributed by atoms with Gasteiger partial charge in [-0.1, -0.05) is 12.1 Å². The smallest absolute Gasteiger partial charge is 0.337 e. The third-order valence-corrected chi connectivity index (χ3v) is 3.81. The van der Waals surface area contributed by atoms with Crippen molar-refractivity contribution in [1.29, 1.82) is 0 Å². The molecule has 0 saturated carbocycles. The Morgan fingerprint density at radius 2 is 1.92 bits per heavy atom. The Balaban J connectivity index is 1.87. The van der Waals surface area contributed by atoms with E-state index in [0.717, 1.165) is 22.5 Å². The van der Waals surface area contributed by atoms with E-state index in [1.54, 1.807) is 12.1 Å². The minimum absolute atomic E-state index is 0.00408. The van der Waals surface area contributed by atoms with Gasteiger partial charge in [0.05, 0.1) is 18.1 Å². The normalized spacial score (nSPS) is 12.2. The van der Waals surface area contributed by atoms with E-state index in [4.69, 9.17) is 9.15 Å². The van der Waals surface area contributed by atoms with Gasteiger partial charge in [-0.15, -0.1) is 0 Å². The zero-order valence-corrected chi connectivity index (χ0v) is 14.1. The molecule has 0 fully saturated rings. The van der Waals surface area contributed by atoms with Gasteiger partial charge in [0.15, 0.2) is 0 Å². The van der Waals surface area contributed by atoms with Crippen LogP contribution in [0.3, 0.4) is 0 Å². The lowest BCUT2D eigenvalue weighted by atomic mass is 10.1. The van der Waals surface area contributed by atoms with Crippen LogP contribution in [0.4, 0.5) is 5.82 Å². The standard InChI is InChI=1S/C18H19N3O3/c1-10-9-15-16(20-12(3)21-17(15)24-10)19-11(2)13-5-7-14(8-6-13)18(22)23-4/h5-9,11H,1-4H3,(H,19,20,21)/t11-/m0/s1. The first-order chi connectivity index (χ1) is 11.5. The van der Waals surface area contributed by atoms with Crippen LogP contribution in [0.25, 0.3) is 11.1 Å². The highest BCUT2D eigenvalue weighted by atomic mass is 16.5. The molecule has 0 radical (unpaired) electrons. The van der Waals surface area contributed by atoms with Crippen LogP contribution in [0.15, 0.2) is 34.7 Å². The van der Waals surface area contributed by atoms with Crippen LogP contribution in [0.1, 0.15) is 40.5 Å². The van der Waals surface area contributed by atoms with Gasteiger partial charge in [0.2, 0.25) is 5.71 Å². The van der Waals surface area contributed by atoms with Gasteiger partial charge < -0.3 is 14.5 Å². The molecule has 0 unspecified atom stereocenters. The van der Waals surface area contributed by atoms with Gasteiger partial charge in [0.1, 0.15) is 17.4 Å². The topological polar surface area (TPSA) is 77.2 Å². The average Bonchev–Trinajstić information content (AvgIpc) is 2.94. The van der Waals surface area contributed by atoms with Crippen LogP contribution in [-0.2, 0) is 4.74 Å². The molecule has 6 nitrogen and oxygen atoms in total. The van der Waals surface area contributed by atoms with Gasteiger partial charge in [-0.2, -0.15) is 4.98 Å². The molecule has 3 rings (SSSR count). The van der Waals surface area contributed by atoms with E-state index in [1.165, 1.54) is 7.11 Å². The van der Waals surface area contributed by atoms with Crippen molar-refractivity contribution in [3.63, 3.8) is 0 Å². The van der Waals surface area contributed by atoms with Crippen LogP contribution in [0.2, 0.25) is 0 Å². The number of esters is 1. The first-order valence-electron chi connectivity index (χ1n) is 7.67. The van der Waals surface area contributed by atoms with Crippen molar-refractivity contribution >= 4 is 22.9 Å². The number of carbonyl (C=O) groups is 1. The van der Waals surface area contributed by atoms with Crippen LogP contribution in [-0.4, -0.2) is 23.0 Å². The van der Waals surface area contributed by atoms with Gasteiger partial charge in [0, 0.05) is 6.04 Å². The number of furan rings is 1. The van der Waals surface area contributed by atoms with Crippen LogP contribution in [0.5, 0.6) is 0 Å². The lowest BCUT2D eigenvalue weighted by molar-refractivity contribution is 0.0600. The van der Waals surface area contributed by atoms with Crippen molar-refractivity contribution in [2.45, 2.75) is 26.8 Å². The second-order valence-corrected chi connectivity index (χ2v) is 5.67. The third kappa shape index (κ3) is 3.08. The molecule has 0 aliphatic heterocycles. The molecule has 3 aromatic rings. The van der Waals surface area contributed by atoms with Crippen LogP contribution >= 0.6 is 0 Å². The van der Waals surface area contributed by atoms with Crippen molar-refractivity contribution in [3.05, 3.63) is 53.0 Å². The second-order valence-electron chi connectivity index (χ2n) is 5.67. The van der Waals surface area contributed by atoms with E-state index in [1.807, 2.05) is 39.0 Å². The molecule has 0 amide bonds. The molecule has 0 bridgehead atoms. The predicted octanol–water partition coefficient (Wildman–Crippen LogP) is 3.80. The zero-order valence-electron chi connectivity index (χ0n) is 14.1. The van der Waals surface area contributed by atoms with Crippen molar-refractivity contribution in [2.24, 2.45) is 0 Å². The molecule has 6 heteroatoms. The van der Waals surface area contributed by atoms with Crippen molar-refractivity contribution in [2.75, 3.05) is 12.4 Å². The lowest BCUT2D eigenvalue weighted by Gasteiger charge is -2.16. The minimum Gasteiger partial charge on any atom is -0.465 e. The quantitative estimate of drug-likeness (QED) is 0.735. The average molecular weight is 325 g/mol. The Hall–Kier alpha value is -2.89. The van der Waals surface area contributed by atoms with Crippen molar-refractivity contribution in [3.8, 4) is 0 Å². The zero-order chi connectivity index (χ0) is 17.3. The lowest BCUT2D eigenvalue weighted by Crippen LogP contribution is -2.10. The van der Waals surface area contributed by atoms with Crippen LogP contribution in [0, 0.1) is 13.8 Å². The largest absolute Gasteiger partial charge is 0.465 e. The number of anilines is 1. The van der Waals surface area contributed by atoms with Gasteiger partial charge in [-0.25, -0.2) is 9.78 Å². The number of hydrogen-bond donors (Lipinski definition) is 1. The fourth-order valence-electron chi connectivity index (χ4n) is 2.57. The maximum Gasteiger partial charge on any atom is 0.337 e. The van der Waals surface area contributed by atoms with Crippen molar-refractivity contribution < 1.29 is 13.9 Å². The molecule has 1 aromatic carbocycles. The number of nitrogens with zero attached hydrogens (tertiary/aromatic N) is 2. The van der Waals surface area contributed by atoms with E-state index >= 15 is 0 Å². The van der Waals surface area contributed by atoms with Gasteiger partial charge in [0.25, 0.3) is 0 Å². The fraction of sp³-hybridized carbons (Fsp3) is 0.278. The second kappa shape index (κ2) is 6.31. The molecule has 1 N–H and O–H groups in total. The minimum atomic E-state index is -0.343. The number of rotatable bonds is 4. The highest BCUT2D eigenvalue weighted by Crippen LogP contribution is 2.27. The Morgan fingerprint density at radius 1 is 1.21 bits per heavy atom. The highest BCUT2D eigenvalue weighted by molar-refractivity contribution is 5.89. The van der Waals surface area contributed by atoms with Gasteiger partial charge in [-0.3, -0.25) is 0 Å². The summed E-state index contributed by atoms with van der Waals surface area (Å²) in [6.07, 6.45) is 0. The summed E-state index contributed by atoms with van der Waals surface area (Å²) in [6.45, 7) is 5.75. The molecule has 0 saturated heterocycles. The summed E-state index contributed by atoms with van der Waals surface area (Å²) in [6, 6.07) is 9.23. The van der Waals surface area contributed by atoms with Crippen LogP contribution < -0.4 is 5.32 Å². The molecule has 2 aromatic heterocycles. The van der Waals surface area contributed by atoms with E-state index in [2.05, 4.69) is 15.3 Å². The fourth-order valence-corrected chi connectivity index (χ4v) is 2.57. The number of benzene rings is 1. The predicted molar refractivity (Wildman–Crippen MR) is 91.1 cm³/mol. The van der Waals surface area contributed by atoms with Crippen molar-refractivity contribution in [1.82, 2.24) is 9.97 Å². The Kier molecular flexibility index (Phi) is 4.20. The summed E-state index contributed by atoms with van der Waals surface area (Å²) < 4.78 is 10.3. The molecule has 2 heterocycles. The number of ether oxygens (including phenoxy) is 1. The van der Waals surface area contributed by atoms with E-state index in [-0.39, 0.29) is 12.0 Å². The summed E-state index contributed by atoms with van der Waals surface area (Å²) in [5, 5.41) is 4.25. The first-order valence-corrected chi connectivity index (χ1v) is 7.67. The molecule has 0 aliphatic rings. The summed E-state index contributed by atoms with van der Waals surface area (Å²) in [4.78, 5) is 20.3. The Labute approximate surface area is 139 Å². The third-order valence-electron chi connectivity index (χ3n) is 3.81. The monoisotopic (exact) mass is 325 g/mol. The molecular weight excluding hydrogens is 306 g/mol. The maximum atomic E-state index is 11.5. The summed E-state index contributed by atoms with van der Waals surface area (Å²) in [5.41, 5.74) is 2.14. The number of fused-ring (bicyclic) bond motifs is 1. The summed E-state index contributed by atoms with van der Waals surface area (Å²) >= 11 is 0. The number of carbonyl (C=O) groups excluding carboxylic acids is 1. The molecule has 1 atom stereocenters. The van der Waals surface area contributed by atoms with Gasteiger partial charge >= 0.3 is 5.97 Å². The number of aromatic nitrogens is 2. The first kappa shape index (κ1) is 16.0. The van der Waals surface area contributed by atoms with E-state index in [9.17, 15) is 4.79 Å². The number of nitrogens with one attached hydrogen (secondary N) is 1. The van der Waals surface area contributed by atoms with E-state index in [0.29, 0.717) is 17.1 Å². The maximum absolute atomic E-state index is 11.5.